The number of rotatable bonds is 6. The quantitative estimate of drug-likeness (QED) is 0.210. The maximum atomic E-state index is 13.9. The van der Waals surface area contributed by atoms with Crippen molar-refractivity contribution in [3.8, 4) is 11.5 Å². The number of carboxylic acids is 1. The van der Waals surface area contributed by atoms with Gasteiger partial charge in [-0.15, -0.1) is 11.3 Å². The molecule has 5 aromatic rings. The van der Waals surface area contributed by atoms with Gasteiger partial charge in [-0.05, 0) is 58.8 Å². The summed E-state index contributed by atoms with van der Waals surface area (Å²) in [6, 6.07) is 24.5. The fourth-order valence-corrected chi connectivity index (χ4v) is 4.81. The number of thiophene rings is 1. The van der Waals surface area contributed by atoms with Gasteiger partial charge in [-0.1, -0.05) is 48.5 Å². The molecular weight excluding hydrogens is 451 g/mol. The molecule has 1 N–H and O–H groups in total. The second-order valence-corrected chi connectivity index (χ2v) is 8.69. The first kappa shape index (κ1) is 21.6. The summed E-state index contributed by atoms with van der Waals surface area (Å²) in [5, 5.41) is 11.4. The molecule has 0 aliphatic carbocycles. The normalized spacial score (nSPS) is 11.3. The van der Waals surface area contributed by atoms with Gasteiger partial charge in [-0.2, -0.15) is 0 Å². The maximum Gasteiger partial charge on any atom is 0.328 e. The van der Waals surface area contributed by atoms with Crippen molar-refractivity contribution in [3.63, 3.8) is 0 Å². The van der Waals surface area contributed by atoms with Crippen LogP contribution in [0, 0.1) is 5.82 Å². The van der Waals surface area contributed by atoms with Gasteiger partial charge in [0, 0.05) is 21.7 Å². The van der Waals surface area contributed by atoms with E-state index in [1.54, 1.807) is 36.4 Å². The van der Waals surface area contributed by atoms with Crippen LogP contribution in [0.2, 0.25) is 0 Å². The Kier molecular flexibility index (Phi) is 5.65. The number of ketones is 1. The molecule has 5 rings (SSSR count). The van der Waals surface area contributed by atoms with E-state index in [4.69, 9.17) is 9.84 Å². The van der Waals surface area contributed by atoms with E-state index >= 15 is 0 Å². The summed E-state index contributed by atoms with van der Waals surface area (Å²) in [6.07, 6.45) is 2.53. The van der Waals surface area contributed by atoms with Gasteiger partial charge in [0.15, 0.2) is 5.75 Å². The third-order valence-corrected chi connectivity index (χ3v) is 6.48. The lowest BCUT2D eigenvalue weighted by Crippen LogP contribution is -2.01. The van der Waals surface area contributed by atoms with Crippen LogP contribution in [0.4, 0.5) is 4.39 Å². The fourth-order valence-electron chi connectivity index (χ4n) is 3.69. The second kappa shape index (κ2) is 8.92. The van der Waals surface area contributed by atoms with Crippen LogP contribution in [0.3, 0.4) is 0 Å². The van der Waals surface area contributed by atoms with E-state index in [1.807, 2.05) is 36.4 Å². The van der Waals surface area contributed by atoms with Gasteiger partial charge in [-0.3, -0.25) is 4.79 Å². The molecule has 0 saturated heterocycles. The smallest absolute Gasteiger partial charge is 0.328 e. The molecule has 0 bridgehead atoms. The summed E-state index contributed by atoms with van der Waals surface area (Å²) in [4.78, 5) is 24.6. The summed E-state index contributed by atoms with van der Waals surface area (Å²) in [5.41, 5.74) is 1.21. The number of halogens is 1. The molecule has 0 spiro atoms. The van der Waals surface area contributed by atoms with Crippen molar-refractivity contribution in [2.45, 2.75) is 0 Å². The Morgan fingerprint density at radius 2 is 1.65 bits per heavy atom. The number of carboxylic acid groups (broad SMARTS) is 1. The van der Waals surface area contributed by atoms with Crippen LogP contribution in [0.5, 0.6) is 11.5 Å². The fraction of sp³-hybridized carbons (Fsp3) is 0. The highest BCUT2D eigenvalue weighted by Gasteiger charge is 2.22. The van der Waals surface area contributed by atoms with E-state index < -0.39 is 5.97 Å². The summed E-state index contributed by atoms with van der Waals surface area (Å²) in [7, 11) is 0. The van der Waals surface area contributed by atoms with E-state index in [0.29, 0.717) is 37.6 Å². The first-order valence-electron chi connectivity index (χ1n) is 10.4. The predicted molar refractivity (Wildman–Crippen MR) is 132 cm³/mol. The van der Waals surface area contributed by atoms with Gasteiger partial charge in [0.05, 0.1) is 0 Å². The van der Waals surface area contributed by atoms with Gasteiger partial charge in [-0.25, -0.2) is 9.18 Å². The first-order valence-corrected chi connectivity index (χ1v) is 11.2. The average molecular weight is 469 g/mol. The lowest BCUT2D eigenvalue weighted by molar-refractivity contribution is -0.131. The molecule has 0 saturated carbocycles. The number of hydrogen-bond acceptors (Lipinski definition) is 4. The zero-order valence-electron chi connectivity index (χ0n) is 17.7. The van der Waals surface area contributed by atoms with Gasteiger partial charge in [0.2, 0.25) is 5.78 Å². The minimum absolute atomic E-state index is 0.205. The molecule has 0 fully saturated rings. The molecule has 0 radical (unpaired) electrons. The third kappa shape index (κ3) is 4.31. The number of aliphatic carboxylic acids is 1. The monoisotopic (exact) mass is 468 g/mol. The largest absolute Gasteiger partial charge is 0.478 e. The molecule has 4 nitrogen and oxygen atoms in total. The zero-order chi connectivity index (χ0) is 23.7. The molecule has 4 aromatic carbocycles. The van der Waals surface area contributed by atoms with Crippen molar-refractivity contribution < 1.29 is 23.8 Å². The topological polar surface area (TPSA) is 63.6 Å². The van der Waals surface area contributed by atoms with Crippen LogP contribution in [0.25, 0.3) is 26.9 Å². The number of carbonyl (C=O) groups is 2. The Morgan fingerprint density at radius 3 is 2.41 bits per heavy atom. The lowest BCUT2D eigenvalue weighted by Gasteiger charge is -2.09. The third-order valence-electron chi connectivity index (χ3n) is 5.34. The van der Waals surface area contributed by atoms with E-state index in [0.717, 1.165) is 16.8 Å². The van der Waals surface area contributed by atoms with Crippen LogP contribution < -0.4 is 4.74 Å². The molecule has 166 valence electrons. The molecule has 6 heteroatoms. The molecule has 0 aliphatic rings. The lowest BCUT2D eigenvalue weighted by atomic mass is 10.0. The van der Waals surface area contributed by atoms with Crippen LogP contribution in [-0.2, 0) is 4.79 Å². The van der Waals surface area contributed by atoms with Crippen molar-refractivity contribution in [3.05, 3.63) is 113 Å². The summed E-state index contributed by atoms with van der Waals surface area (Å²) in [5.74, 6) is -0.784. The predicted octanol–water partition coefficient (Wildman–Crippen LogP) is 7.31. The molecule has 0 unspecified atom stereocenters. The molecular formula is C28H17FO4S. The van der Waals surface area contributed by atoms with E-state index in [1.165, 1.54) is 29.5 Å². The molecule has 34 heavy (non-hydrogen) atoms. The zero-order valence-corrected chi connectivity index (χ0v) is 18.5. The Bertz CT molecular complexity index is 1580. The molecule has 0 atom stereocenters. The van der Waals surface area contributed by atoms with E-state index in [-0.39, 0.29) is 11.6 Å². The number of carbonyl (C=O) groups excluding carboxylic acids is 1. The van der Waals surface area contributed by atoms with E-state index in [9.17, 15) is 14.0 Å². The molecule has 1 aromatic heterocycles. The highest BCUT2D eigenvalue weighted by molar-refractivity contribution is 7.21. The number of fused-ring (bicyclic) bond motifs is 2. The minimum Gasteiger partial charge on any atom is -0.478 e. The van der Waals surface area contributed by atoms with Crippen molar-refractivity contribution in [1.82, 2.24) is 0 Å². The summed E-state index contributed by atoms with van der Waals surface area (Å²) < 4.78 is 20.7. The van der Waals surface area contributed by atoms with Crippen LogP contribution in [0.15, 0.2) is 91.0 Å². The minimum atomic E-state index is -1.03. The standard InChI is InChI=1S/C28H17FO4S/c29-21-10-13-23-24(16-21)34-28(26(32)20-9-8-18-3-1-2-4-19(18)15-20)27(23)33-22-11-5-17(6-12-22)7-14-25(30)31/h1-16H,(H,30,31)/b14-7+. The highest BCUT2D eigenvalue weighted by atomic mass is 32.1. The van der Waals surface area contributed by atoms with Gasteiger partial charge >= 0.3 is 5.97 Å². The number of ether oxygens (including phenoxy) is 1. The average Bonchev–Trinajstić information content (AvgIpc) is 3.19. The van der Waals surface area contributed by atoms with Crippen LogP contribution in [-0.4, -0.2) is 16.9 Å². The molecule has 0 amide bonds. The van der Waals surface area contributed by atoms with Crippen molar-refractivity contribution in [1.29, 1.82) is 0 Å². The Labute approximate surface area is 198 Å². The van der Waals surface area contributed by atoms with E-state index in [2.05, 4.69) is 0 Å². The van der Waals surface area contributed by atoms with Gasteiger partial charge in [0.1, 0.15) is 16.4 Å². The van der Waals surface area contributed by atoms with Gasteiger partial charge in [0.25, 0.3) is 0 Å². The van der Waals surface area contributed by atoms with Crippen LogP contribution >= 0.6 is 11.3 Å². The Morgan fingerprint density at radius 1 is 0.882 bits per heavy atom. The first-order chi connectivity index (χ1) is 16.5. The highest BCUT2D eigenvalue weighted by Crippen LogP contribution is 2.42. The number of benzene rings is 4. The van der Waals surface area contributed by atoms with Crippen molar-refractivity contribution >= 4 is 50.0 Å². The Hall–Kier alpha value is -4.29. The maximum absolute atomic E-state index is 13.9. The summed E-state index contributed by atoms with van der Waals surface area (Å²) in [6.45, 7) is 0. The SMILES string of the molecule is O=C(O)/C=C/c1ccc(Oc2c(C(=O)c3ccc4ccccc4c3)sc3cc(F)ccc23)cc1. The van der Waals surface area contributed by atoms with Gasteiger partial charge < -0.3 is 9.84 Å². The van der Waals surface area contributed by atoms with Crippen LogP contribution in [0.1, 0.15) is 20.8 Å². The molecule has 0 aliphatic heterocycles. The molecule has 1 heterocycles. The Balaban J connectivity index is 1.55. The number of hydrogen-bond donors (Lipinski definition) is 1. The van der Waals surface area contributed by atoms with Crippen molar-refractivity contribution in [2.24, 2.45) is 0 Å². The summed E-state index contributed by atoms with van der Waals surface area (Å²) >= 11 is 1.19. The van der Waals surface area contributed by atoms with Crippen molar-refractivity contribution in [2.75, 3.05) is 0 Å². The second-order valence-electron chi connectivity index (χ2n) is 7.63.